The predicted molar refractivity (Wildman–Crippen MR) is 113 cm³/mol. The van der Waals surface area contributed by atoms with Crippen molar-refractivity contribution in [1.82, 2.24) is 5.32 Å². The van der Waals surface area contributed by atoms with Crippen LogP contribution in [-0.4, -0.2) is 14.3 Å². The van der Waals surface area contributed by atoms with Crippen LogP contribution in [0.15, 0.2) is 63.9 Å². The molecule has 0 bridgehead atoms. The summed E-state index contributed by atoms with van der Waals surface area (Å²) in [7, 11) is -3.93. The van der Waals surface area contributed by atoms with Crippen molar-refractivity contribution < 1.29 is 17.6 Å². The molecule has 0 aliphatic carbocycles. The number of hydrogen-bond acceptors (Lipinski definition) is 4. The molecule has 6 nitrogen and oxygen atoms in total. The second kappa shape index (κ2) is 8.49. The quantitative estimate of drug-likeness (QED) is 0.538. The van der Waals surface area contributed by atoms with Crippen LogP contribution in [0.3, 0.4) is 0 Å². The number of aryl methyl sites for hydroxylation is 1. The normalized spacial score (nSPS) is 12.4. The van der Waals surface area contributed by atoms with Gasteiger partial charge >= 0.3 is 0 Å². The summed E-state index contributed by atoms with van der Waals surface area (Å²) in [5, 5.41) is 3.14. The Balaban J connectivity index is 1.71. The summed E-state index contributed by atoms with van der Waals surface area (Å²) < 4.78 is 33.0. The van der Waals surface area contributed by atoms with Crippen molar-refractivity contribution in [3.63, 3.8) is 0 Å². The number of rotatable bonds is 6. The zero-order valence-electron chi connectivity index (χ0n) is 15.6. The van der Waals surface area contributed by atoms with E-state index in [0.717, 1.165) is 5.76 Å². The summed E-state index contributed by atoms with van der Waals surface area (Å²) in [6, 6.07) is 13.5. The molecule has 1 amide bonds. The van der Waals surface area contributed by atoms with E-state index in [-0.39, 0.29) is 32.6 Å². The van der Waals surface area contributed by atoms with Crippen LogP contribution >= 0.6 is 23.2 Å². The third-order valence-electron chi connectivity index (χ3n) is 4.12. The molecule has 1 unspecified atom stereocenters. The molecule has 1 heterocycles. The van der Waals surface area contributed by atoms with Crippen LogP contribution in [0, 0.1) is 6.92 Å². The third-order valence-corrected chi connectivity index (χ3v) is 6.22. The second-order valence-electron chi connectivity index (χ2n) is 6.40. The summed E-state index contributed by atoms with van der Waals surface area (Å²) in [5.41, 5.74) is 0.663. The number of anilines is 1. The maximum absolute atomic E-state index is 12.6. The zero-order valence-corrected chi connectivity index (χ0v) is 17.9. The fraction of sp³-hybridized carbons (Fsp3) is 0.150. The number of sulfonamides is 1. The molecule has 3 rings (SSSR count). The number of carbonyl (C=O) groups excluding carboxylic acids is 1. The largest absolute Gasteiger partial charge is 0.464 e. The van der Waals surface area contributed by atoms with Gasteiger partial charge in [0.1, 0.15) is 16.4 Å². The minimum absolute atomic E-state index is 0.0556. The van der Waals surface area contributed by atoms with E-state index >= 15 is 0 Å². The number of hydrogen-bond donors (Lipinski definition) is 2. The first-order valence-electron chi connectivity index (χ1n) is 8.61. The second-order valence-corrected chi connectivity index (χ2v) is 8.90. The minimum Gasteiger partial charge on any atom is -0.464 e. The van der Waals surface area contributed by atoms with Crippen molar-refractivity contribution in [3.05, 3.63) is 81.7 Å². The molecule has 152 valence electrons. The first-order chi connectivity index (χ1) is 13.7. The summed E-state index contributed by atoms with van der Waals surface area (Å²) in [5.74, 6) is 1.11. The molecule has 0 aliphatic heterocycles. The van der Waals surface area contributed by atoms with Crippen LogP contribution in [-0.2, 0) is 10.0 Å². The van der Waals surface area contributed by atoms with Gasteiger partial charge in [-0.2, -0.15) is 0 Å². The van der Waals surface area contributed by atoms with E-state index in [1.807, 2.05) is 19.9 Å². The van der Waals surface area contributed by atoms with Crippen molar-refractivity contribution >= 4 is 44.8 Å². The Morgan fingerprint density at radius 3 is 2.34 bits per heavy atom. The average Bonchev–Trinajstić information content (AvgIpc) is 3.10. The van der Waals surface area contributed by atoms with Crippen LogP contribution in [0.4, 0.5) is 5.69 Å². The van der Waals surface area contributed by atoms with Crippen molar-refractivity contribution in [2.24, 2.45) is 0 Å². The fourth-order valence-electron chi connectivity index (χ4n) is 2.62. The molecule has 29 heavy (non-hydrogen) atoms. The Labute approximate surface area is 178 Å². The van der Waals surface area contributed by atoms with Gasteiger partial charge in [-0.25, -0.2) is 8.42 Å². The van der Waals surface area contributed by atoms with Crippen LogP contribution in [0.5, 0.6) is 0 Å². The Morgan fingerprint density at radius 2 is 1.72 bits per heavy atom. The molecule has 0 aliphatic rings. The standard InChI is InChI=1S/C20H18Cl2N2O4S/c1-12-3-10-18(28-12)13(2)23-20(25)14-4-7-16(8-5-14)24-29(26,27)19-11-15(21)6-9-17(19)22/h3-11,13,24H,1-2H3,(H,23,25). The molecule has 3 aromatic rings. The molecule has 0 saturated heterocycles. The van der Waals surface area contributed by atoms with Gasteiger partial charge in [0.2, 0.25) is 0 Å². The Kier molecular flexibility index (Phi) is 6.21. The SMILES string of the molecule is Cc1ccc(C(C)NC(=O)c2ccc(NS(=O)(=O)c3cc(Cl)ccc3Cl)cc2)o1. The minimum atomic E-state index is -3.93. The highest BCUT2D eigenvalue weighted by atomic mass is 35.5. The van der Waals surface area contributed by atoms with Gasteiger partial charge in [0.05, 0.1) is 11.1 Å². The van der Waals surface area contributed by atoms with Crippen molar-refractivity contribution in [2.45, 2.75) is 24.8 Å². The van der Waals surface area contributed by atoms with Gasteiger partial charge in [-0.15, -0.1) is 0 Å². The summed E-state index contributed by atoms with van der Waals surface area (Å²) >= 11 is 11.8. The van der Waals surface area contributed by atoms with Gasteiger partial charge in [0, 0.05) is 16.3 Å². The lowest BCUT2D eigenvalue weighted by molar-refractivity contribution is 0.0935. The maximum atomic E-state index is 12.6. The highest BCUT2D eigenvalue weighted by molar-refractivity contribution is 7.92. The Morgan fingerprint density at radius 1 is 1.03 bits per heavy atom. The summed E-state index contributed by atoms with van der Waals surface area (Å²) in [6.07, 6.45) is 0. The van der Waals surface area contributed by atoms with Gasteiger partial charge < -0.3 is 9.73 Å². The molecular formula is C20H18Cl2N2O4S. The van der Waals surface area contributed by atoms with E-state index in [1.165, 1.54) is 42.5 Å². The molecule has 1 aromatic heterocycles. The highest BCUT2D eigenvalue weighted by Crippen LogP contribution is 2.27. The van der Waals surface area contributed by atoms with Crippen LogP contribution in [0.2, 0.25) is 10.0 Å². The molecule has 2 N–H and O–H groups in total. The van der Waals surface area contributed by atoms with E-state index in [1.54, 1.807) is 6.07 Å². The number of halogens is 2. The monoisotopic (exact) mass is 452 g/mol. The molecule has 9 heteroatoms. The number of nitrogens with one attached hydrogen (secondary N) is 2. The summed E-state index contributed by atoms with van der Waals surface area (Å²) in [4.78, 5) is 12.3. The number of furan rings is 1. The molecule has 1 atom stereocenters. The van der Waals surface area contributed by atoms with E-state index in [0.29, 0.717) is 11.3 Å². The first kappa shape index (κ1) is 21.2. The highest BCUT2D eigenvalue weighted by Gasteiger charge is 2.19. The number of benzene rings is 2. The molecular weight excluding hydrogens is 435 g/mol. The maximum Gasteiger partial charge on any atom is 0.263 e. The zero-order chi connectivity index (χ0) is 21.2. The average molecular weight is 453 g/mol. The third kappa shape index (κ3) is 5.12. The van der Waals surface area contributed by atoms with Crippen LogP contribution < -0.4 is 10.0 Å². The van der Waals surface area contributed by atoms with Gasteiger partial charge in [-0.1, -0.05) is 23.2 Å². The van der Waals surface area contributed by atoms with Crippen molar-refractivity contribution in [1.29, 1.82) is 0 Å². The lowest BCUT2D eigenvalue weighted by atomic mass is 10.1. The van der Waals surface area contributed by atoms with Crippen molar-refractivity contribution in [2.75, 3.05) is 4.72 Å². The topological polar surface area (TPSA) is 88.4 Å². The van der Waals surface area contributed by atoms with Gasteiger partial charge in [0.25, 0.3) is 15.9 Å². The molecule has 0 fully saturated rings. The molecule has 0 saturated carbocycles. The van der Waals surface area contributed by atoms with E-state index < -0.39 is 10.0 Å². The first-order valence-corrected chi connectivity index (χ1v) is 10.8. The number of carbonyl (C=O) groups is 1. The van der Waals surface area contributed by atoms with Crippen LogP contribution in [0.1, 0.15) is 34.8 Å². The fourth-order valence-corrected chi connectivity index (χ4v) is 4.44. The van der Waals surface area contributed by atoms with E-state index in [9.17, 15) is 13.2 Å². The Bertz CT molecular complexity index is 1140. The molecule has 0 radical (unpaired) electrons. The number of amides is 1. The van der Waals surface area contributed by atoms with Crippen LogP contribution in [0.25, 0.3) is 0 Å². The Hall–Kier alpha value is -2.48. The van der Waals surface area contributed by atoms with Gasteiger partial charge in [-0.05, 0) is 68.4 Å². The predicted octanol–water partition coefficient (Wildman–Crippen LogP) is 5.19. The van der Waals surface area contributed by atoms with Crippen molar-refractivity contribution in [3.8, 4) is 0 Å². The smallest absolute Gasteiger partial charge is 0.263 e. The van der Waals surface area contributed by atoms with E-state index in [4.69, 9.17) is 27.6 Å². The van der Waals surface area contributed by atoms with E-state index in [2.05, 4.69) is 10.0 Å². The lowest BCUT2D eigenvalue weighted by Crippen LogP contribution is -2.26. The van der Waals surface area contributed by atoms with Gasteiger partial charge in [-0.3, -0.25) is 9.52 Å². The molecule has 0 spiro atoms. The van der Waals surface area contributed by atoms with Gasteiger partial charge in [0.15, 0.2) is 0 Å². The summed E-state index contributed by atoms with van der Waals surface area (Å²) in [6.45, 7) is 3.64. The molecule has 2 aromatic carbocycles. The lowest BCUT2D eigenvalue weighted by Gasteiger charge is -2.13.